The lowest BCUT2D eigenvalue weighted by atomic mass is 9.92. The Morgan fingerprint density at radius 2 is 1.53 bits per heavy atom. The standard InChI is InChI=1S/C35H38N4O5S/c1-25(45(40,41)42)21-26-17-19-39(20-18-26)29-13-14-30-32(22-29)38(2)37-34(30)31-15-16-33(43-23-27-9-5-3-6-10-27)36-35(31)44-24-28-11-7-4-8-12-28/h3-16,22,25-26H,17-21,23-24H2,1-2H3,(H,40,41,42). The molecule has 0 saturated carbocycles. The first-order valence-corrected chi connectivity index (χ1v) is 16.8. The second kappa shape index (κ2) is 13.3. The van der Waals surface area contributed by atoms with E-state index < -0.39 is 15.4 Å². The molecule has 3 heterocycles. The van der Waals surface area contributed by atoms with Crippen molar-refractivity contribution < 1.29 is 22.4 Å². The van der Waals surface area contributed by atoms with Crippen LogP contribution in [0.25, 0.3) is 22.2 Å². The van der Waals surface area contributed by atoms with Crippen LogP contribution < -0.4 is 14.4 Å². The highest BCUT2D eigenvalue weighted by Crippen LogP contribution is 2.37. The van der Waals surface area contributed by atoms with E-state index in [0.29, 0.717) is 31.4 Å². The van der Waals surface area contributed by atoms with Gasteiger partial charge in [-0.05, 0) is 67.5 Å². The fraction of sp³-hybridized carbons (Fsp3) is 0.314. The number of aryl methyl sites for hydroxylation is 1. The van der Waals surface area contributed by atoms with Crippen molar-refractivity contribution in [3.63, 3.8) is 0 Å². The van der Waals surface area contributed by atoms with Gasteiger partial charge in [-0.2, -0.15) is 18.5 Å². The lowest BCUT2D eigenvalue weighted by Gasteiger charge is -2.34. The number of ether oxygens (including phenoxy) is 2. The Balaban J connectivity index is 1.24. The van der Waals surface area contributed by atoms with E-state index in [-0.39, 0.29) is 5.92 Å². The summed E-state index contributed by atoms with van der Waals surface area (Å²) >= 11 is 0. The fourth-order valence-electron chi connectivity index (χ4n) is 5.91. The van der Waals surface area contributed by atoms with Crippen LogP contribution in [0.3, 0.4) is 0 Å². The molecule has 0 amide bonds. The summed E-state index contributed by atoms with van der Waals surface area (Å²) in [6.07, 6.45) is 2.23. The van der Waals surface area contributed by atoms with Crippen LogP contribution in [-0.2, 0) is 30.4 Å². The van der Waals surface area contributed by atoms with E-state index in [2.05, 4.69) is 23.1 Å². The summed E-state index contributed by atoms with van der Waals surface area (Å²) < 4.78 is 46.6. The van der Waals surface area contributed by atoms with Crippen molar-refractivity contribution in [3.8, 4) is 23.0 Å². The average molecular weight is 627 g/mol. The first-order valence-electron chi connectivity index (χ1n) is 15.3. The smallest absolute Gasteiger partial charge is 0.267 e. The van der Waals surface area contributed by atoms with Crippen LogP contribution in [0.5, 0.6) is 11.8 Å². The van der Waals surface area contributed by atoms with Gasteiger partial charge in [0.2, 0.25) is 11.8 Å². The number of pyridine rings is 1. The molecule has 10 heteroatoms. The van der Waals surface area contributed by atoms with E-state index in [4.69, 9.17) is 19.6 Å². The number of aromatic nitrogens is 3. The average Bonchev–Trinajstić information content (AvgIpc) is 3.39. The second-order valence-electron chi connectivity index (χ2n) is 11.7. The first-order chi connectivity index (χ1) is 21.7. The molecule has 3 aromatic carbocycles. The minimum absolute atomic E-state index is 0.270. The maximum absolute atomic E-state index is 11.5. The van der Waals surface area contributed by atoms with Crippen molar-refractivity contribution in [3.05, 3.63) is 102 Å². The molecule has 45 heavy (non-hydrogen) atoms. The monoisotopic (exact) mass is 626 g/mol. The summed E-state index contributed by atoms with van der Waals surface area (Å²) in [6, 6.07) is 30.1. The summed E-state index contributed by atoms with van der Waals surface area (Å²) in [4.78, 5) is 7.10. The van der Waals surface area contributed by atoms with Crippen molar-refractivity contribution in [1.82, 2.24) is 14.8 Å². The van der Waals surface area contributed by atoms with E-state index in [1.54, 1.807) is 6.92 Å². The van der Waals surface area contributed by atoms with Crippen LogP contribution in [0.2, 0.25) is 0 Å². The second-order valence-corrected chi connectivity index (χ2v) is 13.6. The van der Waals surface area contributed by atoms with E-state index in [0.717, 1.165) is 64.9 Å². The zero-order valence-electron chi connectivity index (χ0n) is 25.5. The number of hydrogen-bond donors (Lipinski definition) is 1. The molecule has 1 fully saturated rings. The molecule has 0 aliphatic carbocycles. The van der Waals surface area contributed by atoms with E-state index in [1.807, 2.05) is 84.5 Å². The molecule has 0 spiro atoms. The Morgan fingerprint density at radius 1 is 0.889 bits per heavy atom. The Morgan fingerprint density at radius 3 is 2.18 bits per heavy atom. The number of benzene rings is 3. The highest BCUT2D eigenvalue weighted by Gasteiger charge is 2.26. The molecule has 1 atom stereocenters. The Hall–Kier alpha value is -4.41. The van der Waals surface area contributed by atoms with Crippen molar-refractivity contribution in [1.29, 1.82) is 0 Å². The van der Waals surface area contributed by atoms with E-state index >= 15 is 0 Å². The van der Waals surface area contributed by atoms with Crippen LogP contribution in [0.1, 0.15) is 37.3 Å². The van der Waals surface area contributed by atoms with Crippen molar-refractivity contribution in [2.24, 2.45) is 13.0 Å². The van der Waals surface area contributed by atoms with Crippen molar-refractivity contribution in [2.45, 2.75) is 44.6 Å². The normalized spacial score (nSPS) is 14.9. The molecule has 1 aliphatic rings. The van der Waals surface area contributed by atoms with Gasteiger partial charge in [-0.15, -0.1) is 0 Å². The molecule has 6 rings (SSSR count). The molecule has 1 N–H and O–H groups in total. The Kier molecular flexibility index (Phi) is 9.04. The zero-order chi connectivity index (χ0) is 31.4. The third-order valence-electron chi connectivity index (χ3n) is 8.53. The number of rotatable bonds is 11. The summed E-state index contributed by atoms with van der Waals surface area (Å²) in [7, 11) is -2.06. The predicted molar refractivity (Wildman–Crippen MR) is 176 cm³/mol. The SMILES string of the molecule is CC(CC1CCN(c2ccc3c(-c4ccc(OCc5ccccc5)nc4OCc4ccccc4)nn(C)c3c2)CC1)S(=O)(=O)O. The van der Waals surface area contributed by atoms with Crippen molar-refractivity contribution in [2.75, 3.05) is 18.0 Å². The largest absolute Gasteiger partial charge is 0.473 e. The van der Waals surface area contributed by atoms with Crippen LogP contribution >= 0.6 is 0 Å². The number of nitrogens with zero attached hydrogens (tertiary/aromatic N) is 4. The van der Waals surface area contributed by atoms with Crippen molar-refractivity contribution >= 4 is 26.7 Å². The summed E-state index contributed by atoms with van der Waals surface area (Å²) in [5.74, 6) is 1.20. The Labute approximate surface area is 264 Å². The molecule has 1 saturated heterocycles. The third kappa shape index (κ3) is 7.29. The summed E-state index contributed by atoms with van der Waals surface area (Å²) in [5.41, 5.74) is 5.74. The van der Waals surface area contributed by atoms with Gasteiger partial charge in [0.15, 0.2) is 0 Å². The predicted octanol–water partition coefficient (Wildman–Crippen LogP) is 6.68. The maximum Gasteiger partial charge on any atom is 0.267 e. The molecule has 1 aliphatic heterocycles. The van der Waals surface area contributed by atoms with Gasteiger partial charge in [-0.3, -0.25) is 9.23 Å². The van der Waals surface area contributed by atoms with Crippen LogP contribution in [-0.4, -0.2) is 46.1 Å². The zero-order valence-corrected chi connectivity index (χ0v) is 26.4. The number of anilines is 1. The molecule has 1 unspecified atom stereocenters. The minimum Gasteiger partial charge on any atom is -0.473 e. The molecule has 0 radical (unpaired) electrons. The van der Waals surface area contributed by atoms with E-state index in [1.165, 1.54) is 0 Å². The maximum atomic E-state index is 11.5. The van der Waals surface area contributed by atoms with Crippen LogP contribution in [0, 0.1) is 5.92 Å². The van der Waals surface area contributed by atoms with E-state index in [9.17, 15) is 13.0 Å². The van der Waals surface area contributed by atoms with Crippen LogP contribution in [0.15, 0.2) is 91.0 Å². The van der Waals surface area contributed by atoms with Gasteiger partial charge in [-0.1, -0.05) is 60.7 Å². The summed E-state index contributed by atoms with van der Waals surface area (Å²) in [6.45, 7) is 3.98. The highest BCUT2D eigenvalue weighted by atomic mass is 32.2. The fourth-order valence-corrected chi connectivity index (χ4v) is 6.43. The van der Waals surface area contributed by atoms with Crippen LogP contribution in [0.4, 0.5) is 5.69 Å². The number of hydrogen-bond acceptors (Lipinski definition) is 7. The molecule has 5 aromatic rings. The topological polar surface area (TPSA) is 107 Å². The van der Waals surface area contributed by atoms with Gasteiger partial charge in [0, 0.05) is 37.3 Å². The van der Waals surface area contributed by atoms with Gasteiger partial charge in [-0.25, -0.2) is 0 Å². The van der Waals surface area contributed by atoms with Gasteiger partial charge in [0.05, 0.1) is 16.3 Å². The molecule has 2 aromatic heterocycles. The highest BCUT2D eigenvalue weighted by molar-refractivity contribution is 7.86. The first kappa shape index (κ1) is 30.6. The van der Waals surface area contributed by atoms with Gasteiger partial charge >= 0.3 is 0 Å². The Bertz CT molecular complexity index is 1850. The molecular weight excluding hydrogens is 588 g/mol. The summed E-state index contributed by atoms with van der Waals surface area (Å²) in [5, 5.41) is 5.16. The molecule has 9 nitrogen and oxygen atoms in total. The number of piperidine rings is 1. The molecule has 234 valence electrons. The third-order valence-corrected chi connectivity index (χ3v) is 9.74. The molecule has 0 bridgehead atoms. The minimum atomic E-state index is -4.00. The number of fused-ring (bicyclic) bond motifs is 1. The van der Waals surface area contributed by atoms with Gasteiger partial charge in [0.25, 0.3) is 10.1 Å². The lowest BCUT2D eigenvalue weighted by molar-refractivity contribution is 0.268. The quantitative estimate of drug-likeness (QED) is 0.162. The lowest BCUT2D eigenvalue weighted by Crippen LogP contribution is -2.35. The molecular formula is C35H38N4O5S. The van der Waals surface area contributed by atoms with Gasteiger partial charge < -0.3 is 14.4 Å². The van der Waals surface area contributed by atoms with Gasteiger partial charge in [0.1, 0.15) is 18.9 Å².